The van der Waals surface area contributed by atoms with Crippen molar-refractivity contribution in [2.24, 2.45) is 0 Å². The van der Waals surface area contributed by atoms with Crippen LogP contribution in [0.5, 0.6) is 11.5 Å². The maximum atomic E-state index is 13.0. The Balaban J connectivity index is 1.40. The van der Waals surface area contributed by atoms with Crippen LogP contribution in [-0.4, -0.2) is 75.2 Å². The van der Waals surface area contributed by atoms with Crippen molar-refractivity contribution in [2.45, 2.75) is 17.9 Å². The first-order chi connectivity index (χ1) is 14.7. The second-order valence-electron chi connectivity index (χ2n) is 7.73. The topological polar surface area (TPSA) is 93.2 Å². The lowest BCUT2D eigenvalue weighted by Gasteiger charge is -2.37. The van der Waals surface area contributed by atoms with E-state index in [1.54, 1.807) is 34.9 Å². The van der Waals surface area contributed by atoms with Gasteiger partial charge in [0, 0.05) is 38.0 Å². The van der Waals surface area contributed by atoms with E-state index in [2.05, 4.69) is 0 Å². The number of fused-ring (bicyclic) bond motifs is 1. The Morgan fingerprint density at radius 1 is 0.968 bits per heavy atom. The van der Waals surface area contributed by atoms with Crippen LogP contribution in [0.2, 0.25) is 0 Å². The Kier molecular flexibility index (Phi) is 5.62. The highest BCUT2D eigenvalue weighted by atomic mass is 32.2. The molecule has 164 valence electrons. The molecule has 2 aromatic carbocycles. The second-order valence-corrected chi connectivity index (χ2v) is 9.75. The fraction of sp³-hybridized carbons (Fsp3) is 0.364. The van der Waals surface area contributed by atoms with Crippen molar-refractivity contribution in [3.05, 3.63) is 53.6 Å². The lowest BCUT2D eigenvalue weighted by molar-refractivity contribution is -0.142. The average Bonchev–Trinajstić information content (AvgIpc) is 2.77. The summed E-state index contributed by atoms with van der Waals surface area (Å²) >= 11 is 0. The minimum absolute atomic E-state index is 0.116. The summed E-state index contributed by atoms with van der Waals surface area (Å²) in [4.78, 5) is 29.3. The molecule has 0 bridgehead atoms. The van der Waals surface area contributed by atoms with E-state index in [-0.39, 0.29) is 23.3 Å². The highest BCUT2D eigenvalue weighted by molar-refractivity contribution is 7.90. The van der Waals surface area contributed by atoms with E-state index in [1.165, 1.54) is 12.1 Å². The Morgan fingerprint density at radius 2 is 1.61 bits per heavy atom. The summed E-state index contributed by atoms with van der Waals surface area (Å²) in [7, 11) is -3.41. The zero-order chi connectivity index (χ0) is 22.2. The van der Waals surface area contributed by atoms with Crippen molar-refractivity contribution in [3.8, 4) is 11.5 Å². The number of carbonyl (C=O) groups is 2. The van der Waals surface area contributed by atoms with Crippen molar-refractivity contribution in [1.29, 1.82) is 0 Å². The second kappa shape index (κ2) is 8.22. The van der Waals surface area contributed by atoms with E-state index in [1.807, 2.05) is 12.1 Å². The molecule has 0 unspecified atom stereocenters. The van der Waals surface area contributed by atoms with Gasteiger partial charge in [-0.25, -0.2) is 8.42 Å². The Bertz CT molecular complexity index is 1120. The SMILES string of the molecule is Cc1ccc(S(C)(=O)=O)cc1C(=O)N1CCN(C(=O)[C@@H]2COc3ccccc3O2)CC1. The van der Waals surface area contributed by atoms with Crippen molar-refractivity contribution in [3.63, 3.8) is 0 Å². The van der Waals surface area contributed by atoms with E-state index < -0.39 is 15.9 Å². The van der Waals surface area contributed by atoms with Crippen LogP contribution in [0.25, 0.3) is 0 Å². The molecule has 0 N–H and O–H groups in total. The van der Waals surface area contributed by atoms with Gasteiger partial charge in [-0.2, -0.15) is 0 Å². The van der Waals surface area contributed by atoms with E-state index in [0.717, 1.165) is 6.26 Å². The summed E-state index contributed by atoms with van der Waals surface area (Å²) in [6.07, 6.45) is 0.400. The smallest absolute Gasteiger partial charge is 0.267 e. The Labute approximate surface area is 181 Å². The maximum absolute atomic E-state index is 13.0. The van der Waals surface area contributed by atoms with Crippen LogP contribution in [0.1, 0.15) is 15.9 Å². The first-order valence-electron chi connectivity index (χ1n) is 10.0. The lowest BCUT2D eigenvalue weighted by atomic mass is 10.1. The first-order valence-corrected chi connectivity index (χ1v) is 11.9. The number of benzene rings is 2. The molecule has 2 aliphatic heterocycles. The molecular formula is C22H24N2O6S. The van der Waals surface area contributed by atoms with Crippen LogP contribution in [0, 0.1) is 6.92 Å². The summed E-state index contributed by atoms with van der Waals surface area (Å²) in [5.41, 5.74) is 1.07. The van der Waals surface area contributed by atoms with Gasteiger partial charge < -0.3 is 19.3 Å². The van der Waals surface area contributed by atoms with Crippen molar-refractivity contribution in [2.75, 3.05) is 39.0 Å². The van der Waals surface area contributed by atoms with Gasteiger partial charge >= 0.3 is 0 Å². The normalized spacial score (nSPS) is 18.6. The maximum Gasteiger partial charge on any atom is 0.267 e. The molecular weight excluding hydrogens is 420 g/mol. The number of ether oxygens (including phenoxy) is 2. The van der Waals surface area contributed by atoms with Gasteiger partial charge in [0.25, 0.3) is 11.8 Å². The van der Waals surface area contributed by atoms with Crippen LogP contribution < -0.4 is 9.47 Å². The monoisotopic (exact) mass is 444 g/mol. The molecule has 0 spiro atoms. The molecule has 0 aromatic heterocycles. The van der Waals surface area contributed by atoms with E-state index in [9.17, 15) is 18.0 Å². The number of hydrogen-bond donors (Lipinski definition) is 0. The Morgan fingerprint density at radius 3 is 2.29 bits per heavy atom. The summed E-state index contributed by atoms with van der Waals surface area (Å²) in [5, 5.41) is 0. The van der Waals surface area contributed by atoms with Crippen LogP contribution in [-0.2, 0) is 14.6 Å². The molecule has 9 heteroatoms. The predicted molar refractivity (Wildman–Crippen MR) is 113 cm³/mol. The lowest BCUT2D eigenvalue weighted by Crippen LogP contribution is -2.55. The number of para-hydroxylation sites is 2. The molecule has 2 aromatic rings. The number of sulfone groups is 1. The molecule has 2 heterocycles. The molecule has 1 atom stereocenters. The fourth-order valence-electron chi connectivity index (χ4n) is 3.71. The van der Waals surface area contributed by atoms with Gasteiger partial charge in [0.1, 0.15) is 6.61 Å². The van der Waals surface area contributed by atoms with Crippen LogP contribution in [0.3, 0.4) is 0 Å². The molecule has 2 amide bonds. The molecule has 0 radical (unpaired) electrons. The summed E-state index contributed by atoms with van der Waals surface area (Å²) in [6, 6.07) is 11.8. The van der Waals surface area contributed by atoms with Crippen molar-refractivity contribution < 1.29 is 27.5 Å². The zero-order valence-corrected chi connectivity index (χ0v) is 18.2. The molecule has 2 aliphatic rings. The molecule has 1 saturated heterocycles. The third-order valence-electron chi connectivity index (χ3n) is 5.53. The minimum Gasteiger partial charge on any atom is -0.485 e. The summed E-state index contributed by atoms with van der Waals surface area (Å²) < 4.78 is 35.1. The standard InChI is InChI=1S/C22H24N2O6S/c1-15-7-8-16(31(2,27)28)13-17(15)21(25)23-9-11-24(12-10-23)22(26)20-14-29-18-5-3-4-6-19(18)30-20/h3-8,13,20H,9-12,14H2,1-2H3/t20-/m0/s1. The number of hydrogen-bond acceptors (Lipinski definition) is 6. The summed E-state index contributed by atoms with van der Waals surface area (Å²) in [5.74, 6) is 0.758. The van der Waals surface area contributed by atoms with Gasteiger partial charge in [-0.3, -0.25) is 9.59 Å². The van der Waals surface area contributed by atoms with Gasteiger partial charge in [-0.15, -0.1) is 0 Å². The quantitative estimate of drug-likeness (QED) is 0.713. The van der Waals surface area contributed by atoms with Crippen LogP contribution in [0.15, 0.2) is 47.4 Å². The van der Waals surface area contributed by atoms with Crippen LogP contribution >= 0.6 is 0 Å². The number of carbonyl (C=O) groups excluding carboxylic acids is 2. The predicted octanol–water partition coefficient (Wildman–Crippen LogP) is 1.52. The molecule has 8 nitrogen and oxygen atoms in total. The highest BCUT2D eigenvalue weighted by Crippen LogP contribution is 2.31. The number of nitrogens with zero attached hydrogens (tertiary/aromatic N) is 2. The molecule has 0 saturated carbocycles. The van der Waals surface area contributed by atoms with Crippen molar-refractivity contribution in [1.82, 2.24) is 9.80 Å². The largest absolute Gasteiger partial charge is 0.485 e. The minimum atomic E-state index is -3.41. The number of piperazine rings is 1. The van der Waals surface area contributed by atoms with E-state index in [0.29, 0.717) is 48.8 Å². The Hall–Kier alpha value is -3.07. The zero-order valence-electron chi connectivity index (χ0n) is 17.4. The summed E-state index contributed by atoms with van der Waals surface area (Å²) in [6.45, 7) is 3.38. The van der Waals surface area contributed by atoms with Gasteiger partial charge in [0.05, 0.1) is 4.90 Å². The molecule has 31 heavy (non-hydrogen) atoms. The van der Waals surface area contributed by atoms with Gasteiger partial charge in [-0.05, 0) is 36.8 Å². The first kappa shape index (κ1) is 21.2. The number of amides is 2. The van der Waals surface area contributed by atoms with Gasteiger partial charge in [-0.1, -0.05) is 18.2 Å². The third kappa shape index (κ3) is 4.36. The third-order valence-corrected chi connectivity index (χ3v) is 6.64. The number of rotatable bonds is 3. The average molecular weight is 445 g/mol. The van der Waals surface area contributed by atoms with Crippen molar-refractivity contribution >= 4 is 21.7 Å². The van der Waals surface area contributed by atoms with Gasteiger partial charge in [0.2, 0.25) is 6.10 Å². The van der Waals surface area contributed by atoms with Crippen LogP contribution in [0.4, 0.5) is 0 Å². The van der Waals surface area contributed by atoms with E-state index in [4.69, 9.17) is 9.47 Å². The van der Waals surface area contributed by atoms with Gasteiger partial charge in [0.15, 0.2) is 21.3 Å². The fourth-order valence-corrected chi connectivity index (χ4v) is 4.35. The molecule has 0 aliphatic carbocycles. The highest BCUT2D eigenvalue weighted by Gasteiger charge is 2.33. The van der Waals surface area contributed by atoms with E-state index >= 15 is 0 Å². The molecule has 4 rings (SSSR count). The molecule has 1 fully saturated rings. The number of aryl methyl sites for hydroxylation is 1.